The van der Waals surface area contributed by atoms with Crippen LogP contribution < -0.4 is 5.32 Å². The van der Waals surface area contributed by atoms with E-state index in [0.29, 0.717) is 19.4 Å². The van der Waals surface area contributed by atoms with Crippen molar-refractivity contribution in [3.63, 3.8) is 0 Å². The fourth-order valence-corrected chi connectivity index (χ4v) is 2.06. The predicted octanol–water partition coefficient (Wildman–Crippen LogP) is 0.555. The lowest BCUT2D eigenvalue weighted by Gasteiger charge is -2.29. The Hall–Kier alpha value is -1.10. The number of nitrogens with zero attached hydrogens (tertiary/aromatic N) is 1. The second-order valence-corrected chi connectivity index (χ2v) is 5.97. The van der Waals surface area contributed by atoms with Crippen LogP contribution in [-0.2, 0) is 9.59 Å². The molecule has 0 aromatic rings. The molecule has 1 aliphatic rings. The van der Waals surface area contributed by atoms with Crippen molar-refractivity contribution in [3.8, 4) is 0 Å². The van der Waals surface area contributed by atoms with Crippen molar-refractivity contribution in [2.24, 2.45) is 10.8 Å². The predicted molar refractivity (Wildman–Crippen MR) is 64.6 cm³/mol. The molecule has 0 heterocycles. The van der Waals surface area contributed by atoms with E-state index in [2.05, 4.69) is 10.2 Å². The summed E-state index contributed by atoms with van der Waals surface area (Å²) in [5.74, 6) is -1.34. The number of carboxylic acid groups (broad SMARTS) is 1. The van der Waals surface area contributed by atoms with E-state index in [0.717, 1.165) is 6.54 Å². The maximum absolute atomic E-state index is 11.8. The van der Waals surface area contributed by atoms with Gasteiger partial charge in [-0.3, -0.25) is 9.59 Å². The zero-order chi connectivity index (χ0) is 13.3. The lowest BCUT2D eigenvalue weighted by molar-refractivity contribution is -0.149. The van der Waals surface area contributed by atoms with Crippen molar-refractivity contribution < 1.29 is 14.7 Å². The number of carbonyl (C=O) groups excluding carboxylic acids is 1. The molecule has 0 atom stereocenters. The Balaban J connectivity index is 2.46. The van der Waals surface area contributed by atoms with Crippen LogP contribution in [-0.4, -0.2) is 49.1 Å². The lowest BCUT2D eigenvalue weighted by Crippen LogP contribution is -2.44. The standard InChI is InChI=1S/C12H22N2O3/c1-11(2,8-14(3)4)7-13-9(15)12(5-6-12)10(16)17/h5-8H2,1-4H3,(H,13,15)(H,16,17). The summed E-state index contributed by atoms with van der Waals surface area (Å²) in [7, 11) is 3.95. The average Bonchev–Trinajstić information content (AvgIpc) is 2.92. The Morgan fingerprint density at radius 1 is 1.35 bits per heavy atom. The first-order valence-corrected chi connectivity index (χ1v) is 5.86. The number of carbonyl (C=O) groups is 2. The molecule has 1 aliphatic carbocycles. The summed E-state index contributed by atoms with van der Waals surface area (Å²) in [5.41, 5.74) is -1.19. The van der Waals surface area contributed by atoms with Gasteiger partial charge in [-0.1, -0.05) is 13.8 Å². The van der Waals surface area contributed by atoms with Gasteiger partial charge in [-0.25, -0.2) is 0 Å². The van der Waals surface area contributed by atoms with Gasteiger partial charge in [-0.15, -0.1) is 0 Å². The van der Waals surface area contributed by atoms with Gasteiger partial charge in [0.15, 0.2) is 0 Å². The van der Waals surface area contributed by atoms with Crippen LogP contribution in [0, 0.1) is 10.8 Å². The maximum atomic E-state index is 11.8. The van der Waals surface area contributed by atoms with E-state index in [1.54, 1.807) is 0 Å². The van der Waals surface area contributed by atoms with E-state index in [9.17, 15) is 9.59 Å². The second-order valence-electron chi connectivity index (χ2n) is 5.97. The minimum atomic E-state index is -1.13. The van der Waals surface area contributed by atoms with Crippen LogP contribution in [0.25, 0.3) is 0 Å². The molecule has 0 aromatic carbocycles. The van der Waals surface area contributed by atoms with Crippen LogP contribution in [0.15, 0.2) is 0 Å². The van der Waals surface area contributed by atoms with Crippen molar-refractivity contribution in [2.45, 2.75) is 26.7 Å². The molecule has 0 aliphatic heterocycles. The molecular formula is C12H22N2O3. The topological polar surface area (TPSA) is 69.6 Å². The molecule has 1 saturated carbocycles. The van der Waals surface area contributed by atoms with Crippen molar-refractivity contribution in [3.05, 3.63) is 0 Å². The molecule has 0 saturated heterocycles. The van der Waals surface area contributed by atoms with Crippen LogP contribution in [0.1, 0.15) is 26.7 Å². The van der Waals surface area contributed by atoms with Gasteiger partial charge in [0.05, 0.1) is 0 Å². The van der Waals surface area contributed by atoms with Crippen molar-refractivity contribution >= 4 is 11.9 Å². The Kier molecular flexibility index (Phi) is 3.81. The summed E-state index contributed by atoms with van der Waals surface area (Å²) >= 11 is 0. The lowest BCUT2D eigenvalue weighted by atomic mass is 9.92. The number of rotatable bonds is 6. The molecule has 0 radical (unpaired) electrons. The van der Waals surface area contributed by atoms with Gasteiger partial charge in [-0.05, 0) is 32.4 Å². The van der Waals surface area contributed by atoms with Crippen molar-refractivity contribution in [2.75, 3.05) is 27.2 Å². The number of carboxylic acids is 1. The Labute approximate surface area is 102 Å². The Morgan fingerprint density at radius 2 is 1.88 bits per heavy atom. The number of aliphatic carboxylic acids is 1. The molecular weight excluding hydrogens is 220 g/mol. The van der Waals surface area contributed by atoms with Gasteiger partial charge in [0, 0.05) is 13.1 Å². The molecule has 0 bridgehead atoms. The summed E-state index contributed by atoms with van der Waals surface area (Å²) < 4.78 is 0. The Morgan fingerprint density at radius 3 is 2.24 bits per heavy atom. The number of hydrogen-bond donors (Lipinski definition) is 2. The van der Waals surface area contributed by atoms with Gasteiger partial charge in [0.25, 0.3) is 0 Å². The highest BCUT2D eigenvalue weighted by Crippen LogP contribution is 2.46. The third kappa shape index (κ3) is 3.43. The SMILES string of the molecule is CN(C)CC(C)(C)CNC(=O)C1(C(=O)O)CC1. The van der Waals surface area contributed by atoms with Gasteiger partial charge in [0.2, 0.25) is 5.91 Å². The molecule has 98 valence electrons. The highest BCUT2D eigenvalue weighted by atomic mass is 16.4. The van der Waals surface area contributed by atoms with Crippen molar-refractivity contribution in [1.29, 1.82) is 0 Å². The normalized spacial score (nSPS) is 17.9. The fraction of sp³-hybridized carbons (Fsp3) is 0.833. The van der Waals surface area contributed by atoms with E-state index < -0.39 is 11.4 Å². The third-order valence-electron chi connectivity index (χ3n) is 3.07. The second kappa shape index (κ2) is 4.64. The molecule has 1 rings (SSSR count). The first kappa shape index (κ1) is 14.0. The van der Waals surface area contributed by atoms with E-state index in [4.69, 9.17) is 5.11 Å². The summed E-state index contributed by atoms with van der Waals surface area (Å²) in [6.07, 6.45) is 0.921. The average molecular weight is 242 g/mol. The quantitative estimate of drug-likeness (QED) is 0.668. The van der Waals surface area contributed by atoms with Gasteiger partial charge >= 0.3 is 5.97 Å². The molecule has 0 unspecified atom stereocenters. The first-order chi connectivity index (χ1) is 7.69. The first-order valence-electron chi connectivity index (χ1n) is 5.86. The van der Waals surface area contributed by atoms with Crippen LogP contribution in [0.4, 0.5) is 0 Å². The molecule has 1 amide bonds. The van der Waals surface area contributed by atoms with E-state index >= 15 is 0 Å². The maximum Gasteiger partial charge on any atom is 0.319 e. The van der Waals surface area contributed by atoms with Gasteiger partial charge in [0.1, 0.15) is 5.41 Å². The molecule has 5 heteroatoms. The van der Waals surface area contributed by atoms with Crippen LogP contribution in [0.2, 0.25) is 0 Å². The number of hydrogen-bond acceptors (Lipinski definition) is 3. The van der Waals surface area contributed by atoms with Crippen LogP contribution in [0.5, 0.6) is 0 Å². The minimum Gasteiger partial charge on any atom is -0.480 e. The zero-order valence-electron chi connectivity index (χ0n) is 11.0. The summed E-state index contributed by atoms with van der Waals surface area (Å²) in [6.45, 7) is 5.44. The van der Waals surface area contributed by atoms with Crippen LogP contribution >= 0.6 is 0 Å². The number of nitrogens with one attached hydrogen (secondary N) is 1. The summed E-state index contributed by atoms with van der Waals surface area (Å²) in [4.78, 5) is 24.8. The fourth-order valence-electron chi connectivity index (χ4n) is 2.06. The molecule has 1 fully saturated rings. The minimum absolute atomic E-state index is 0.0618. The zero-order valence-corrected chi connectivity index (χ0v) is 11.0. The van der Waals surface area contributed by atoms with E-state index in [1.807, 2.05) is 27.9 Å². The highest BCUT2D eigenvalue weighted by Gasteiger charge is 2.57. The smallest absolute Gasteiger partial charge is 0.319 e. The van der Waals surface area contributed by atoms with Crippen LogP contribution in [0.3, 0.4) is 0 Å². The largest absolute Gasteiger partial charge is 0.480 e. The highest BCUT2D eigenvalue weighted by molar-refractivity contribution is 6.04. The third-order valence-corrected chi connectivity index (χ3v) is 3.07. The monoisotopic (exact) mass is 242 g/mol. The molecule has 0 aromatic heterocycles. The Bertz CT molecular complexity index is 320. The molecule has 17 heavy (non-hydrogen) atoms. The summed E-state index contributed by atoms with van der Waals surface area (Å²) in [6, 6.07) is 0. The van der Waals surface area contributed by atoms with E-state index in [-0.39, 0.29) is 11.3 Å². The molecule has 2 N–H and O–H groups in total. The molecule has 0 spiro atoms. The van der Waals surface area contributed by atoms with Gasteiger partial charge < -0.3 is 15.3 Å². The molecule has 5 nitrogen and oxygen atoms in total. The van der Waals surface area contributed by atoms with Gasteiger partial charge in [-0.2, -0.15) is 0 Å². The van der Waals surface area contributed by atoms with Crippen molar-refractivity contribution in [1.82, 2.24) is 10.2 Å². The number of amides is 1. The van der Waals surface area contributed by atoms with E-state index in [1.165, 1.54) is 0 Å². The summed E-state index contributed by atoms with van der Waals surface area (Å²) in [5, 5.41) is 11.7.